The van der Waals surface area contributed by atoms with Crippen LogP contribution in [0.4, 0.5) is 0 Å². The van der Waals surface area contributed by atoms with Crippen molar-refractivity contribution in [3.63, 3.8) is 0 Å². The van der Waals surface area contributed by atoms with Crippen molar-refractivity contribution in [3.05, 3.63) is 172 Å². The molecule has 3 aromatic carbocycles. The number of benzene rings is 3. The molecule has 250 valence electrons. The predicted molar refractivity (Wildman–Crippen MR) is 195 cm³/mol. The zero-order valence-corrected chi connectivity index (χ0v) is 28.8. The summed E-state index contributed by atoms with van der Waals surface area (Å²) < 4.78 is 19.0. The molecule has 0 spiro atoms. The van der Waals surface area contributed by atoms with Crippen LogP contribution in [0.2, 0.25) is 0 Å². The molecule has 1 aliphatic heterocycles. The van der Waals surface area contributed by atoms with E-state index in [1.54, 1.807) is 0 Å². The Hall–Kier alpha value is -5.65. The molecular weight excluding hydrogens is 623 g/mol. The monoisotopic (exact) mass is 662 g/mol. The first-order chi connectivity index (χ1) is 24.4. The van der Waals surface area contributed by atoms with Crippen LogP contribution in [-0.4, -0.2) is 47.4 Å². The largest absolute Gasteiger partial charge is 0.598 e. The Balaban J connectivity index is 1.22. The molecule has 0 N–H and O–H groups in total. The molecule has 0 saturated carbocycles. The average molecular weight is 663 g/mol. The quantitative estimate of drug-likeness (QED) is 0.126. The first kappa shape index (κ1) is 32.9. The summed E-state index contributed by atoms with van der Waals surface area (Å²) in [6.45, 7) is 9.93. The minimum Gasteiger partial charge on any atom is -0.386 e. The van der Waals surface area contributed by atoms with E-state index in [1.165, 1.54) is 0 Å². The number of allylic oxidation sites excluding steroid dienone is 2. The number of hydrogen-bond donors (Lipinski definition) is 0. The van der Waals surface area contributed by atoms with E-state index in [9.17, 15) is 0 Å². The van der Waals surface area contributed by atoms with Crippen molar-refractivity contribution in [2.45, 2.75) is 54.0 Å². The molecule has 0 aliphatic carbocycles. The van der Waals surface area contributed by atoms with Gasteiger partial charge in [0.1, 0.15) is 11.4 Å². The van der Waals surface area contributed by atoms with Gasteiger partial charge in [0.15, 0.2) is 0 Å². The Bertz CT molecular complexity index is 2080. The average Bonchev–Trinajstić information content (AvgIpc) is 3.91. The summed E-state index contributed by atoms with van der Waals surface area (Å²) in [5, 5.41) is 17.5. The van der Waals surface area contributed by atoms with Gasteiger partial charge in [0.25, 0.3) is 0 Å². The van der Waals surface area contributed by atoms with Crippen LogP contribution < -0.4 is 0 Å². The zero-order valence-electron chi connectivity index (χ0n) is 28.8. The molecule has 0 amide bonds. The Kier molecular flexibility index (Phi) is 9.77. The Morgan fingerprint density at radius 1 is 0.680 bits per heavy atom. The van der Waals surface area contributed by atoms with Crippen LogP contribution >= 0.6 is 0 Å². The lowest BCUT2D eigenvalue weighted by Crippen LogP contribution is -2.34. The van der Waals surface area contributed by atoms with E-state index in [4.69, 9.17) is 14.3 Å². The van der Waals surface area contributed by atoms with Gasteiger partial charge in [-0.25, -0.2) is 9.36 Å². The van der Waals surface area contributed by atoms with Gasteiger partial charge in [-0.3, -0.25) is 4.99 Å². The van der Waals surface area contributed by atoms with E-state index in [0.717, 1.165) is 56.2 Å². The molecule has 6 aromatic rings. The van der Waals surface area contributed by atoms with Crippen molar-refractivity contribution >= 4 is 18.5 Å². The maximum atomic E-state index is 6.63. The third kappa shape index (κ3) is 7.49. The van der Waals surface area contributed by atoms with Crippen LogP contribution in [-0.2, 0) is 35.6 Å². The summed E-state index contributed by atoms with van der Waals surface area (Å²) in [4.78, 5) is 5.00. The highest BCUT2D eigenvalue weighted by atomic mass is 16.6. The molecule has 0 saturated heterocycles. The number of hydrogen-bond acceptors (Lipinski definition) is 7. The second-order valence-corrected chi connectivity index (χ2v) is 12.6. The number of rotatable bonds is 13. The van der Waals surface area contributed by atoms with E-state index in [2.05, 4.69) is 107 Å². The van der Waals surface area contributed by atoms with Crippen LogP contribution in [0.3, 0.4) is 0 Å². The van der Waals surface area contributed by atoms with Crippen LogP contribution in [0.5, 0.6) is 0 Å². The molecule has 1 aliphatic rings. The van der Waals surface area contributed by atoms with Crippen molar-refractivity contribution in [1.29, 1.82) is 0 Å². The summed E-state index contributed by atoms with van der Waals surface area (Å²) in [6, 6.07) is 32.9. The number of aryl methyl sites for hydroxylation is 2. The molecule has 0 radical (unpaired) electrons. The van der Waals surface area contributed by atoms with E-state index in [1.807, 2.05) is 71.1 Å². The fourth-order valence-corrected chi connectivity index (χ4v) is 6.34. The van der Waals surface area contributed by atoms with E-state index >= 15 is 0 Å². The summed E-state index contributed by atoms with van der Waals surface area (Å²) >= 11 is 0. The molecule has 0 unspecified atom stereocenters. The number of aliphatic imine (C=N–C) groups is 1. The first-order valence-corrected chi connectivity index (χ1v) is 16.7. The van der Waals surface area contributed by atoms with Crippen LogP contribution in [0.15, 0.2) is 132 Å². The molecule has 10 nitrogen and oxygen atoms in total. The van der Waals surface area contributed by atoms with Crippen molar-refractivity contribution in [3.8, 4) is 0 Å². The second kappa shape index (κ2) is 14.9. The maximum absolute atomic E-state index is 6.63. The minimum absolute atomic E-state index is 0.184. The van der Waals surface area contributed by atoms with Gasteiger partial charge in [-0.05, 0) is 67.7 Å². The SMILES string of the molecule is CC1=CC(C)=N/C1=C(/c1ccccc1)c1c(C)cc(C)n1B(OCc1cn(Cc2ccccc2)nn1)OCc1cn(Cc2ccccc2)nn1. The number of aromatic nitrogens is 7. The standard InChI is InChI=1S/C39H39BN8O2/c1-28-20-30(3)41-38(28)37(34-18-12-7-13-19-34)39-29(2)21-31(4)48(39)40(49-26-35-24-46(44-42-35)22-32-14-8-5-9-15-32)50-27-36-25-47(45-43-36)23-33-16-10-6-11-17-33/h5-21,24-25H,22-23,26-27H2,1-4H3/b38-37-. The minimum atomic E-state index is -0.827. The third-order valence-corrected chi connectivity index (χ3v) is 8.55. The lowest BCUT2D eigenvalue weighted by Gasteiger charge is -2.22. The smallest absolute Gasteiger partial charge is 0.386 e. The van der Waals surface area contributed by atoms with Crippen molar-refractivity contribution < 1.29 is 9.31 Å². The molecule has 3 aromatic heterocycles. The topological polar surface area (TPSA) is 97.2 Å². The highest BCUT2D eigenvalue weighted by Gasteiger charge is 2.32. The maximum Gasteiger partial charge on any atom is 0.598 e. The van der Waals surface area contributed by atoms with E-state index in [-0.39, 0.29) is 13.2 Å². The van der Waals surface area contributed by atoms with Gasteiger partial charge in [0, 0.05) is 22.7 Å². The highest BCUT2D eigenvalue weighted by molar-refractivity contribution is 6.43. The molecule has 11 heteroatoms. The lowest BCUT2D eigenvalue weighted by atomic mass is 9.93. The highest BCUT2D eigenvalue weighted by Crippen LogP contribution is 2.37. The molecule has 0 fully saturated rings. The van der Waals surface area contributed by atoms with Gasteiger partial charge in [-0.2, -0.15) is 0 Å². The Labute approximate surface area is 292 Å². The fourth-order valence-electron chi connectivity index (χ4n) is 6.34. The summed E-state index contributed by atoms with van der Waals surface area (Å²) in [6.07, 6.45) is 5.95. The van der Waals surface area contributed by atoms with Gasteiger partial charge >= 0.3 is 7.25 Å². The van der Waals surface area contributed by atoms with E-state index < -0.39 is 7.25 Å². The van der Waals surface area contributed by atoms with Gasteiger partial charge in [-0.15, -0.1) is 10.2 Å². The van der Waals surface area contributed by atoms with Gasteiger partial charge in [-0.1, -0.05) is 101 Å². The van der Waals surface area contributed by atoms with Gasteiger partial charge in [0.2, 0.25) is 0 Å². The van der Waals surface area contributed by atoms with Gasteiger partial charge in [0.05, 0.1) is 44.4 Å². The molecular formula is C39H39BN8O2. The van der Waals surface area contributed by atoms with E-state index in [0.29, 0.717) is 24.5 Å². The first-order valence-electron chi connectivity index (χ1n) is 16.7. The predicted octanol–water partition coefficient (Wildman–Crippen LogP) is 6.83. The normalized spacial score (nSPS) is 13.8. The Morgan fingerprint density at radius 2 is 1.20 bits per heavy atom. The fraction of sp³-hybridized carbons (Fsp3) is 0.205. The van der Waals surface area contributed by atoms with Crippen molar-refractivity contribution in [2.24, 2.45) is 4.99 Å². The molecule has 4 heterocycles. The molecule has 50 heavy (non-hydrogen) atoms. The molecule has 0 bridgehead atoms. The number of nitrogens with zero attached hydrogens (tertiary/aromatic N) is 8. The van der Waals surface area contributed by atoms with Crippen molar-refractivity contribution in [2.75, 3.05) is 0 Å². The van der Waals surface area contributed by atoms with Gasteiger partial charge < -0.3 is 13.8 Å². The lowest BCUT2D eigenvalue weighted by molar-refractivity contribution is 0.170. The van der Waals surface area contributed by atoms with Crippen LogP contribution in [0.1, 0.15) is 58.9 Å². The summed E-state index contributed by atoms with van der Waals surface area (Å²) in [7, 11) is -0.827. The summed E-state index contributed by atoms with van der Waals surface area (Å²) in [5.74, 6) is 0. The zero-order chi connectivity index (χ0) is 34.5. The summed E-state index contributed by atoms with van der Waals surface area (Å²) in [5.41, 5.74) is 11.8. The Morgan fingerprint density at radius 3 is 1.70 bits per heavy atom. The third-order valence-electron chi connectivity index (χ3n) is 8.55. The van der Waals surface area contributed by atoms with Crippen molar-refractivity contribution in [1.82, 2.24) is 34.5 Å². The molecule has 0 atom stereocenters. The second-order valence-electron chi connectivity index (χ2n) is 12.6. The van der Waals surface area contributed by atoms with Crippen LogP contribution in [0.25, 0.3) is 5.57 Å². The molecule has 7 rings (SSSR count). The van der Waals surface area contributed by atoms with Crippen LogP contribution in [0, 0.1) is 13.8 Å².